The molecule has 1 aromatic carbocycles. The summed E-state index contributed by atoms with van der Waals surface area (Å²) in [5, 5.41) is 3.70. The topological polar surface area (TPSA) is 81.8 Å². The Morgan fingerprint density at radius 3 is 2.50 bits per heavy atom. The lowest BCUT2D eigenvalue weighted by atomic mass is 9.81. The molecule has 0 unspecified atom stereocenters. The summed E-state index contributed by atoms with van der Waals surface area (Å²) >= 11 is 0. The zero-order valence-corrected chi connectivity index (χ0v) is 15.1. The van der Waals surface area contributed by atoms with E-state index in [0.29, 0.717) is 0 Å². The molecule has 0 saturated heterocycles. The van der Waals surface area contributed by atoms with Gasteiger partial charge in [-0.1, -0.05) is 31.4 Å². The molecule has 130 valence electrons. The number of aryl methyl sites for hydroxylation is 2. The third-order valence-electron chi connectivity index (χ3n) is 4.76. The maximum absolute atomic E-state index is 11.3. The van der Waals surface area contributed by atoms with Gasteiger partial charge in [0.1, 0.15) is 0 Å². The fourth-order valence-corrected chi connectivity index (χ4v) is 3.95. The molecule has 1 heterocycles. The molecular weight excluding hydrogens is 326 g/mol. The predicted octanol–water partition coefficient (Wildman–Crippen LogP) is 2.86. The number of para-hydroxylation sites is 2. The molecule has 2 aromatic rings. The van der Waals surface area contributed by atoms with Gasteiger partial charge >= 0.3 is 0 Å². The number of fused-ring (bicyclic) bond motifs is 1. The van der Waals surface area contributed by atoms with Gasteiger partial charge in [-0.2, -0.15) is 0 Å². The van der Waals surface area contributed by atoms with Gasteiger partial charge in [-0.15, -0.1) is 0 Å². The summed E-state index contributed by atoms with van der Waals surface area (Å²) < 4.78 is 30.1. The highest BCUT2D eigenvalue weighted by molar-refractivity contribution is 7.89. The van der Waals surface area contributed by atoms with E-state index in [1.54, 1.807) is 0 Å². The van der Waals surface area contributed by atoms with E-state index in [0.717, 1.165) is 55.2 Å². The molecular formula is C16H23N5O2S. The molecule has 0 amide bonds. The second-order valence-corrected chi connectivity index (χ2v) is 8.16. The lowest BCUT2D eigenvalue weighted by Gasteiger charge is -2.37. The molecule has 0 N–H and O–H groups in total. The first kappa shape index (κ1) is 16.9. The van der Waals surface area contributed by atoms with Crippen molar-refractivity contribution in [1.29, 1.82) is 0 Å². The zero-order chi connectivity index (χ0) is 17.4. The first-order chi connectivity index (χ1) is 11.3. The van der Waals surface area contributed by atoms with E-state index in [4.69, 9.17) is 0 Å². The third kappa shape index (κ3) is 3.02. The molecule has 1 aliphatic rings. The van der Waals surface area contributed by atoms with Crippen molar-refractivity contribution in [2.24, 2.45) is 23.8 Å². The van der Waals surface area contributed by atoms with E-state index in [2.05, 4.69) is 36.4 Å². The van der Waals surface area contributed by atoms with Crippen molar-refractivity contribution in [2.75, 3.05) is 6.26 Å². The lowest BCUT2D eigenvalue weighted by molar-refractivity contribution is -0.657. The van der Waals surface area contributed by atoms with Crippen molar-refractivity contribution < 1.29 is 13.0 Å². The Bertz CT molecular complexity index is 840. The standard InChI is InChI=1S/C16H23N5O2S/c1-20-13-9-5-6-10-14(13)21(2)15(20)16(11-7-4-8-12-16)17-18-19-24(3,22)23/h5-6,9-10H,4,7-8,11-12H2,1-3H3. The third-order valence-corrected chi connectivity index (χ3v) is 5.13. The summed E-state index contributed by atoms with van der Waals surface area (Å²) in [6.07, 6.45) is 5.95. The van der Waals surface area contributed by atoms with E-state index in [9.17, 15) is 8.42 Å². The Balaban J connectivity index is 2.11. The zero-order valence-electron chi connectivity index (χ0n) is 14.3. The second-order valence-electron chi connectivity index (χ2n) is 6.53. The number of imidazole rings is 1. The van der Waals surface area contributed by atoms with Gasteiger partial charge < -0.3 is 5.43 Å². The normalized spacial score (nSPS) is 18.3. The van der Waals surface area contributed by atoms with Gasteiger partial charge in [0.15, 0.2) is 21.1 Å². The summed E-state index contributed by atoms with van der Waals surface area (Å²) in [7, 11) is 0.522. The minimum absolute atomic E-state index is 0.533. The van der Waals surface area contributed by atoms with Crippen LogP contribution in [0.5, 0.6) is 0 Å². The average Bonchev–Trinajstić information content (AvgIpc) is 2.79. The number of sulfonamides is 1. The molecule has 0 atom stereocenters. The van der Waals surface area contributed by atoms with E-state index in [1.165, 1.54) is 0 Å². The van der Waals surface area contributed by atoms with Crippen LogP contribution in [0.2, 0.25) is 0 Å². The molecule has 0 spiro atoms. The van der Waals surface area contributed by atoms with Gasteiger partial charge in [0, 0.05) is 6.26 Å². The summed E-state index contributed by atoms with van der Waals surface area (Å²) in [5.41, 5.74) is 6.13. The smallest absolute Gasteiger partial charge is 0.263 e. The molecule has 0 radical (unpaired) electrons. The first-order valence-corrected chi connectivity index (χ1v) is 9.97. The molecule has 0 bridgehead atoms. The highest BCUT2D eigenvalue weighted by atomic mass is 32.2. The lowest BCUT2D eigenvalue weighted by Crippen LogP contribution is -2.44. The minimum atomic E-state index is -3.53. The van der Waals surface area contributed by atoms with Crippen LogP contribution in [0.4, 0.5) is 0 Å². The summed E-state index contributed by atoms with van der Waals surface area (Å²) in [4.78, 5) is 0. The van der Waals surface area contributed by atoms with Crippen LogP contribution >= 0.6 is 0 Å². The monoisotopic (exact) mass is 349 g/mol. The van der Waals surface area contributed by atoms with Gasteiger partial charge in [-0.05, 0) is 25.0 Å². The largest absolute Gasteiger partial charge is 0.362 e. The molecule has 1 aliphatic carbocycles. The average molecular weight is 349 g/mol. The fourth-order valence-electron chi connectivity index (χ4n) is 3.78. The number of rotatable bonds is 4. The maximum Gasteiger partial charge on any atom is 0.263 e. The number of aromatic nitrogens is 2. The quantitative estimate of drug-likeness (QED) is 0.483. The molecule has 24 heavy (non-hydrogen) atoms. The van der Waals surface area contributed by atoms with Crippen LogP contribution in [0.3, 0.4) is 0 Å². The van der Waals surface area contributed by atoms with Crippen molar-refractivity contribution in [3.05, 3.63) is 35.5 Å². The van der Waals surface area contributed by atoms with Crippen LogP contribution in [0.25, 0.3) is 16.5 Å². The SMILES string of the molecule is Cn1c(C2([N-]/N=N/S(C)(=O)=O)CCCCC2)[n+](C)c2ccccc21. The number of hydrogen-bond donors (Lipinski definition) is 0. The summed E-state index contributed by atoms with van der Waals surface area (Å²) in [6, 6.07) is 8.18. The highest BCUT2D eigenvalue weighted by Crippen LogP contribution is 2.43. The van der Waals surface area contributed by atoms with Gasteiger partial charge in [0.05, 0.1) is 19.6 Å². The number of hydrogen-bond acceptors (Lipinski definition) is 3. The molecule has 0 aliphatic heterocycles. The second kappa shape index (κ2) is 6.16. The maximum atomic E-state index is 11.3. The highest BCUT2D eigenvalue weighted by Gasteiger charge is 2.41. The van der Waals surface area contributed by atoms with Crippen LogP contribution in [0.15, 0.2) is 34.0 Å². The Morgan fingerprint density at radius 1 is 1.21 bits per heavy atom. The van der Waals surface area contributed by atoms with Gasteiger partial charge in [-0.25, -0.2) is 17.6 Å². The van der Waals surface area contributed by atoms with E-state index < -0.39 is 15.6 Å². The number of nitrogens with zero attached hydrogens (tertiary/aromatic N) is 5. The van der Waals surface area contributed by atoms with Gasteiger partial charge in [0.2, 0.25) is 0 Å². The summed E-state index contributed by atoms with van der Waals surface area (Å²) in [5.74, 6) is 1.04. The van der Waals surface area contributed by atoms with Crippen LogP contribution in [0.1, 0.15) is 37.9 Å². The van der Waals surface area contributed by atoms with Crippen molar-refractivity contribution in [1.82, 2.24) is 4.57 Å². The Hall–Kier alpha value is -1.96. The van der Waals surface area contributed by atoms with Gasteiger partial charge in [0.25, 0.3) is 5.82 Å². The molecule has 1 fully saturated rings. The molecule has 1 saturated carbocycles. The molecule has 7 nitrogen and oxygen atoms in total. The fraction of sp³-hybridized carbons (Fsp3) is 0.562. The van der Waals surface area contributed by atoms with E-state index in [-0.39, 0.29) is 0 Å². The Kier molecular flexibility index (Phi) is 4.33. The van der Waals surface area contributed by atoms with E-state index >= 15 is 0 Å². The Morgan fingerprint density at radius 2 is 1.88 bits per heavy atom. The number of benzene rings is 1. The predicted molar refractivity (Wildman–Crippen MR) is 91.9 cm³/mol. The van der Waals surface area contributed by atoms with Crippen molar-refractivity contribution in [3.8, 4) is 0 Å². The molecule has 3 rings (SSSR count). The van der Waals surface area contributed by atoms with Crippen LogP contribution < -0.4 is 4.57 Å². The summed E-state index contributed by atoms with van der Waals surface area (Å²) in [6.45, 7) is 0. The first-order valence-electron chi connectivity index (χ1n) is 8.12. The van der Waals surface area contributed by atoms with Crippen molar-refractivity contribution in [2.45, 2.75) is 37.6 Å². The van der Waals surface area contributed by atoms with Crippen molar-refractivity contribution in [3.63, 3.8) is 0 Å². The van der Waals surface area contributed by atoms with E-state index in [1.807, 2.05) is 26.2 Å². The van der Waals surface area contributed by atoms with Crippen LogP contribution in [-0.4, -0.2) is 19.2 Å². The van der Waals surface area contributed by atoms with Crippen LogP contribution in [0, 0.1) is 0 Å². The Labute approximate surface area is 142 Å². The van der Waals surface area contributed by atoms with Gasteiger partial charge in [-0.3, -0.25) is 9.74 Å². The molecule has 1 aromatic heterocycles. The van der Waals surface area contributed by atoms with Crippen molar-refractivity contribution >= 4 is 21.1 Å². The molecule has 8 heteroatoms. The minimum Gasteiger partial charge on any atom is -0.362 e. The van der Waals surface area contributed by atoms with Crippen LogP contribution in [-0.2, 0) is 29.7 Å².